The summed E-state index contributed by atoms with van der Waals surface area (Å²) in [4.78, 5) is 0. The first-order valence-electron chi connectivity index (χ1n) is 6.24. The molecular weight excluding hydrogens is 170 g/mol. The Bertz CT molecular complexity index is 157. The standard InChI is InChI=1S/C13H27N/c1-5-14-12-7-6-11(10-12)8-9-13(2,3)4/h11-12,14H,5-10H2,1-4H3. The van der Waals surface area contributed by atoms with Crippen LogP contribution in [0.2, 0.25) is 0 Å². The Morgan fingerprint density at radius 1 is 1.21 bits per heavy atom. The molecule has 1 rings (SSSR count). The fourth-order valence-corrected chi connectivity index (χ4v) is 2.45. The van der Waals surface area contributed by atoms with Gasteiger partial charge in [-0.05, 0) is 50.0 Å². The lowest BCUT2D eigenvalue weighted by molar-refractivity contribution is 0.320. The number of hydrogen-bond acceptors (Lipinski definition) is 1. The molecule has 0 radical (unpaired) electrons. The molecule has 14 heavy (non-hydrogen) atoms. The van der Waals surface area contributed by atoms with E-state index in [0.29, 0.717) is 5.41 Å². The molecule has 1 N–H and O–H groups in total. The first-order chi connectivity index (χ1) is 6.51. The Kier molecular flexibility index (Phi) is 4.43. The second-order valence-corrected chi connectivity index (χ2v) is 6.03. The minimum Gasteiger partial charge on any atom is -0.314 e. The van der Waals surface area contributed by atoms with Gasteiger partial charge < -0.3 is 5.32 Å². The first-order valence-corrected chi connectivity index (χ1v) is 6.24. The molecule has 1 heteroatoms. The minimum absolute atomic E-state index is 0.524. The van der Waals surface area contributed by atoms with Crippen molar-refractivity contribution in [2.75, 3.05) is 6.54 Å². The molecule has 0 aromatic carbocycles. The smallest absolute Gasteiger partial charge is 0.00696 e. The molecule has 1 nitrogen and oxygen atoms in total. The second-order valence-electron chi connectivity index (χ2n) is 6.03. The monoisotopic (exact) mass is 197 g/mol. The highest BCUT2D eigenvalue weighted by atomic mass is 14.9. The highest BCUT2D eigenvalue weighted by Crippen LogP contribution is 2.33. The van der Waals surface area contributed by atoms with Crippen LogP contribution in [0.4, 0.5) is 0 Å². The van der Waals surface area contributed by atoms with Crippen LogP contribution in [-0.2, 0) is 0 Å². The van der Waals surface area contributed by atoms with E-state index in [-0.39, 0.29) is 0 Å². The second kappa shape index (κ2) is 5.16. The van der Waals surface area contributed by atoms with E-state index in [2.05, 4.69) is 33.0 Å². The topological polar surface area (TPSA) is 12.0 Å². The number of nitrogens with one attached hydrogen (secondary N) is 1. The van der Waals surface area contributed by atoms with Gasteiger partial charge in [0.25, 0.3) is 0 Å². The zero-order chi connectivity index (χ0) is 10.6. The highest BCUT2D eigenvalue weighted by Gasteiger charge is 2.24. The van der Waals surface area contributed by atoms with Gasteiger partial charge in [0, 0.05) is 6.04 Å². The van der Waals surface area contributed by atoms with E-state index in [1.807, 2.05) is 0 Å². The van der Waals surface area contributed by atoms with Gasteiger partial charge in [-0.2, -0.15) is 0 Å². The van der Waals surface area contributed by atoms with Crippen LogP contribution in [0.3, 0.4) is 0 Å². The molecule has 0 spiro atoms. The maximum atomic E-state index is 3.57. The normalized spacial score (nSPS) is 28.3. The summed E-state index contributed by atoms with van der Waals surface area (Å²) >= 11 is 0. The number of rotatable bonds is 4. The average molecular weight is 197 g/mol. The van der Waals surface area contributed by atoms with Gasteiger partial charge >= 0.3 is 0 Å². The molecule has 1 aliphatic rings. The van der Waals surface area contributed by atoms with Gasteiger partial charge in [0.1, 0.15) is 0 Å². The zero-order valence-corrected chi connectivity index (χ0v) is 10.4. The lowest BCUT2D eigenvalue weighted by Gasteiger charge is -2.20. The molecule has 0 heterocycles. The Labute approximate surface area is 89.7 Å². The van der Waals surface area contributed by atoms with E-state index >= 15 is 0 Å². The van der Waals surface area contributed by atoms with Crippen LogP contribution in [0.1, 0.15) is 59.8 Å². The molecule has 1 fully saturated rings. The molecule has 0 aromatic rings. The predicted octanol–water partition coefficient (Wildman–Crippen LogP) is 3.59. The Morgan fingerprint density at radius 2 is 1.93 bits per heavy atom. The van der Waals surface area contributed by atoms with Gasteiger partial charge in [-0.15, -0.1) is 0 Å². The van der Waals surface area contributed by atoms with Crippen LogP contribution in [-0.4, -0.2) is 12.6 Å². The molecular formula is C13H27N. The van der Waals surface area contributed by atoms with Crippen molar-refractivity contribution in [2.45, 2.75) is 65.8 Å². The molecule has 0 saturated heterocycles. The van der Waals surface area contributed by atoms with E-state index < -0.39 is 0 Å². The molecule has 1 saturated carbocycles. The maximum Gasteiger partial charge on any atom is 0.00696 e. The fraction of sp³-hybridized carbons (Fsp3) is 1.00. The van der Waals surface area contributed by atoms with Gasteiger partial charge in [-0.1, -0.05) is 27.7 Å². The van der Waals surface area contributed by atoms with Crippen LogP contribution in [0.25, 0.3) is 0 Å². The lowest BCUT2D eigenvalue weighted by Crippen LogP contribution is -2.25. The molecule has 0 aliphatic heterocycles. The summed E-state index contributed by atoms with van der Waals surface area (Å²) in [6.45, 7) is 10.4. The van der Waals surface area contributed by atoms with Gasteiger partial charge in [0.2, 0.25) is 0 Å². The van der Waals surface area contributed by atoms with Crippen molar-refractivity contribution >= 4 is 0 Å². The van der Waals surface area contributed by atoms with E-state index in [0.717, 1.165) is 18.5 Å². The van der Waals surface area contributed by atoms with Crippen LogP contribution in [0.5, 0.6) is 0 Å². The summed E-state index contributed by atoms with van der Waals surface area (Å²) in [6, 6.07) is 0.824. The van der Waals surface area contributed by atoms with E-state index in [1.165, 1.54) is 32.1 Å². The van der Waals surface area contributed by atoms with Crippen molar-refractivity contribution in [1.82, 2.24) is 5.32 Å². The maximum absolute atomic E-state index is 3.57. The van der Waals surface area contributed by atoms with Crippen LogP contribution in [0.15, 0.2) is 0 Å². The molecule has 2 atom stereocenters. The summed E-state index contributed by atoms with van der Waals surface area (Å²) in [5.74, 6) is 0.998. The Balaban J connectivity index is 2.16. The van der Waals surface area contributed by atoms with Crippen LogP contribution in [0, 0.1) is 11.3 Å². The van der Waals surface area contributed by atoms with Gasteiger partial charge in [0.05, 0.1) is 0 Å². The van der Waals surface area contributed by atoms with Gasteiger partial charge in [-0.25, -0.2) is 0 Å². The van der Waals surface area contributed by atoms with Crippen molar-refractivity contribution in [3.8, 4) is 0 Å². The molecule has 1 aliphatic carbocycles. The van der Waals surface area contributed by atoms with Crippen LogP contribution >= 0.6 is 0 Å². The molecule has 0 bridgehead atoms. The number of hydrogen-bond donors (Lipinski definition) is 1. The van der Waals surface area contributed by atoms with Crippen molar-refractivity contribution in [3.05, 3.63) is 0 Å². The lowest BCUT2D eigenvalue weighted by atomic mass is 9.86. The molecule has 0 amide bonds. The third-order valence-corrected chi connectivity index (χ3v) is 3.34. The third-order valence-electron chi connectivity index (χ3n) is 3.34. The third kappa shape index (κ3) is 4.45. The quantitative estimate of drug-likeness (QED) is 0.726. The largest absolute Gasteiger partial charge is 0.314 e. The summed E-state index contributed by atoms with van der Waals surface area (Å²) in [5.41, 5.74) is 0.524. The van der Waals surface area contributed by atoms with Crippen LogP contribution < -0.4 is 5.32 Å². The first kappa shape index (κ1) is 12.0. The molecule has 2 unspecified atom stereocenters. The summed E-state index contributed by atoms with van der Waals surface area (Å²) in [6.07, 6.45) is 7.10. The van der Waals surface area contributed by atoms with Gasteiger partial charge in [-0.3, -0.25) is 0 Å². The Morgan fingerprint density at radius 3 is 2.50 bits per heavy atom. The molecule has 0 aromatic heterocycles. The summed E-state index contributed by atoms with van der Waals surface area (Å²) in [7, 11) is 0. The van der Waals surface area contributed by atoms with E-state index in [4.69, 9.17) is 0 Å². The van der Waals surface area contributed by atoms with Crippen molar-refractivity contribution < 1.29 is 0 Å². The zero-order valence-electron chi connectivity index (χ0n) is 10.4. The fourth-order valence-electron chi connectivity index (χ4n) is 2.45. The van der Waals surface area contributed by atoms with E-state index in [1.54, 1.807) is 0 Å². The SMILES string of the molecule is CCNC1CCC(CCC(C)(C)C)C1. The highest BCUT2D eigenvalue weighted by molar-refractivity contribution is 4.81. The van der Waals surface area contributed by atoms with E-state index in [9.17, 15) is 0 Å². The average Bonchev–Trinajstić information content (AvgIpc) is 2.49. The molecule has 84 valence electrons. The minimum atomic E-state index is 0.524. The van der Waals surface area contributed by atoms with Crippen molar-refractivity contribution in [1.29, 1.82) is 0 Å². The Hall–Kier alpha value is -0.0400. The van der Waals surface area contributed by atoms with Gasteiger partial charge in [0.15, 0.2) is 0 Å². The van der Waals surface area contributed by atoms with Crippen molar-refractivity contribution in [3.63, 3.8) is 0 Å². The summed E-state index contributed by atoms with van der Waals surface area (Å²) < 4.78 is 0. The summed E-state index contributed by atoms with van der Waals surface area (Å²) in [5, 5.41) is 3.57. The predicted molar refractivity (Wildman–Crippen MR) is 63.5 cm³/mol. The van der Waals surface area contributed by atoms with Crippen molar-refractivity contribution in [2.24, 2.45) is 11.3 Å².